The molecular formula is C11H13ClFNO2. The maximum atomic E-state index is 12.9. The first-order valence-electron chi connectivity index (χ1n) is 4.78. The maximum absolute atomic E-state index is 12.9. The van der Waals surface area contributed by atoms with Crippen molar-refractivity contribution < 1.29 is 14.3 Å². The number of halogens is 2. The first kappa shape index (κ1) is 12.9. The molecule has 0 aliphatic carbocycles. The van der Waals surface area contributed by atoms with Gasteiger partial charge in [-0.05, 0) is 31.7 Å². The fourth-order valence-electron chi connectivity index (χ4n) is 1.38. The highest BCUT2D eigenvalue weighted by Crippen LogP contribution is 2.23. The number of carboxylic acid groups (broad SMARTS) is 1. The lowest BCUT2D eigenvalue weighted by Gasteiger charge is -2.23. The Morgan fingerprint density at radius 1 is 1.62 bits per heavy atom. The van der Waals surface area contributed by atoms with E-state index < -0.39 is 11.8 Å². The van der Waals surface area contributed by atoms with Gasteiger partial charge in [0.15, 0.2) is 0 Å². The molecule has 0 radical (unpaired) electrons. The summed E-state index contributed by atoms with van der Waals surface area (Å²) in [5, 5.41) is 8.70. The van der Waals surface area contributed by atoms with E-state index in [0.29, 0.717) is 0 Å². The van der Waals surface area contributed by atoms with Crippen LogP contribution in [0.5, 0.6) is 0 Å². The number of hydrogen-bond donors (Lipinski definition) is 1. The predicted octanol–water partition coefficient (Wildman–Crippen LogP) is 2.56. The Morgan fingerprint density at radius 2 is 2.25 bits per heavy atom. The summed E-state index contributed by atoms with van der Waals surface area (Å²) in [6, 6.07) is 4.27. The lowest BCUT2D eigenvalue weighted by molar-refractivity contribution is -0.138. The summed E-state index contributed by atoms with van der Waals surface area (Å²) < 4.78 is 12.9. The van der Waals surface area contributed by atoms with Crippen molar-refractivity contribution in [2.24, 2.45) is 0 Å². The van der Waals surface area contributed by atoms with Crippen molar-refractivity contribution >= 4 is 17.6 Å². The van der Waals surface area contributed by atoms with Crippen LogP contribution in [0, 0.1) is 5.82 Å². The lowest BCUT2D eigenvalue weighted by atomic mass is 10.1. The summed E-state index contributed by atoms with van der Waals surface area (Å²) in [7, 11) is 1.69. The van der Waals surface area contributed by atoms with Crippen LogP contribution in [0.1, 0.15) is 18.5 Å². The zero-order valence-corrected chi connectivity index (χ0v) is 9.83. The van der Waals surface area contributed by atoms with Crippen LogP contribution < -0.4 is 0 Å². The summed E-state index contributed by atoms with van der Waals surface area (Å²) in [4.78, 5) is 12.2. The number of aliphatic carboxylic acids is 1. The summed E-state index contributed by atoms with van der Waals surface area (Å²) >= 11 is 5.66. The van der Waals surface area contributed by atoms with E-state index in [4.69, 9.17) is 16.7 Å². The number of carboxylic acids is 1. The van der Waals surface area contributed by atoms with E-state index in [0.717, 1.165) is 5.56 Å². The first-order valence-corrected chi connectivity index (χ1v) is 5.16. The van der Waals surface area contributed by atoms with Crippen molar-refractivity contribution in [1.29, 1.82) is 0 Å². The summed E-state index contributed by atoms with van der Waals surface area (Å²) in [5.41, 5.74) is 0.787. The quantitative estimate of drug-likeness (QED) is 0.886. The van der Waals surface area contributed by atoms with Crippen LogP contribution in [0.4, 0.5) is 4.39 Å². The fraction of sp³-hybridized carbons (Fsp3) is 0.364. The van der Waals surface area contributed by atoms with Gasteiger partial charge in [0.1, 0.15) is 5.82 Å². The van der Waals surface area contributed by atoms with Crippen LogP contribution in [0.15, 0.2) is 18.2 Å². The lowest BCUT2D eigenvalue weighted by Crippen LogP contribution is -2.28. The van der Waals surface area contributed by atoms with E-state index in [9.17, 15) is 9.18 Å². The molecule has 1 atom stereocenters. The van der Waals surface area contributed by atoms with Crippen LogP contribution in [0.25, 0.3) is 0 Å². The van der Waals surface area contributed by atoms with E-state index in [2.05, 4.69) is 0 Å². The van der Waals surface area contributed by atoms with Gasteiger partial charge >= 0.3 is 5.97 Å². The highest BCUT2D eigenvalue weighted by molar-refractivity contribution is 6.30. The van der Waals surface area contributed by atoms with Crippen LogP contribution in [0.2, 0.25) is 5.02 Å². The van der Waals surface area contributed by atoms with Crippen molar-refractivity contribution in [2.45, 2.75) is 13.0 Å². The minimum absolute atomic E-state index is 0.0491. The third kappa shape index (κ3) is 3.18. The molecule has 0 aromatic heterocycles. The molecule has 1 aromatic carbocycles. The minimum atomic E-state index is -0.900. The summed E-state index contributed by atoms with van der Waals surface area (Å²) in [6.07, 6.45) is 0. The van der Waals surface area contributed by atoms with Gasteiger partial charge in [-0.2, -0.15) is 0 Å². The molecule has 0 saturated carbocycles. The van der Waals surface area contributed by atoms with Gasteiger partial charge in [-0.3, -0.25) is 9.69 Å². The smallest absolute Gasteiger partial charge is 0.317 e. The van der Waals surface area contributed by atoms with Crippen molar-refractivity contribution in [3.05, 3.63) is 34.6 Å². The van der Waals surface area contributed by atoms with E-state index in [1.165, 1.54) is 12.1 Å². The second kappa shape index (κ2) is 5.27. The predicted molar refractivity (Wildman–Crippen MR) is 60.1 cm³/mol. The second-order valence-electron chi connectivity index (χ2n) is 3.66. The molecule has 0 saturated heterocycles. The second-order valence-corrected chi connectivity index (χ2v) is 4.07. The Balaban J connectivity index is 2.83. The molecule has 1 aromatic rings. The van der Waals surface area contributed by atoms with Crippen molar-refractivity contribution in [3.8, 4) is 0 Å². The fourth-order valence-corrected chi connectivity index (χ4v) is 1.57. The molecule has 88 valence electrons. The number of nitrogens with zero attached hydrogens (tertiary/aromatic N) is 1. The SMILES string of the molecule is CC(c1ccc(F)c(Cl)c1)N(C)CC(=O)O. The van der Waals surface area contributed by atoms with Crippen molar-refractivity contribution in [1.82, 2.24) is 4.90 Å². The van der Waals surface area contributed by atoms with E-state index in [-0.39, 0.29) is 17.6 Å². The number of carbonyl (C=O) groups is 1. The molecule has 0 aliphatic rings. The van der Waals surface area contributed by atoms with Gasteiger partial charge in [0, 0.05) is 6.04 Å². The molecule has 0 aliphatic heterocycles. The Kier molecular flexibility index (Phi) is 4.26. The highest BCUT2D eigenvalue weighted by atomic mass is 35.5. The minimum Gasteiger partial charge on any atom is -0.480 e. The molecule has 0 fully saturated rings. The highest BCUT2D eigenvalue weighted by Gasteiger charge is 2.15. The van der Waals surface area contributed by atoms with Gasteiger partial charge < -0.3 is 5.11 Å². The first-order chi connectivity index (χ1) is 7.41. The largest absolute Gasteiger partial charge is 0.480 e. The normalized spacial score (nSPS) is 12.8. The Labute approximate surface area is 98.4 Å². The topological polar surface area (TPSA) is 40.5 Å². The average molecular weight is 246 g/mol. The Hall–Kier alpha value is -1.13. The van der Waals surface area contributed by atoms with Gasteiger partial charge in [-0.15, -0.1) is 0 Å². The van der Waals surface area contributed by atoms with Gasteiger partial charge in [0.05, 0.1) is 11.6 Å². The number of likely N-dealkylation sites (N-methyl/N-ethyl adjacent to an activating group) is 1. The van der Waals surface area contributed by atoms with Crippen LogP contribution >= 0.6 is 11.6 Å². The van der Waals surface area contributed by atoms with Crippen molar-refractivity contribution in [3.63, 3.8) is 0 Å². The van der Waals surface area contributed by atoms with E-state index in [1.54, 1.807) is 18.0 Å². The molecule has 1 N–H and O–H groups in total. The van der Waals surface area contributed by atoms with Gasteiger partial charge in [-0.1, -0.05) is 17.7 Å². The third-order valence-corrected chi connectivity index (χ3v) is 2.76. The molecule has 1 rings (SSSR count). The summed E-state index contributed by atoms with van der Waals surface area (Å²) in [5.74, 6) is -1.37. The molecule has 0 amide bonds. The molecular weight excluding hydrogens is 233 g/mol. The van der Waals surface area contributed by atoms with E-state index >= 15 is 0 Å². The number of benzene rings is 1. The summed E-state index contributed by atoms with van der Waals surface area (Å²) in [6.45, 7) is 1.77. The van der Waals surface area contributed by atoms with Gasteiger partial charge in [-0.25, -0.2) is 4.39 Å². The molecule has 0 spiro atoms. The van der Waals surface area contributed by atoms with Gasteiger partial charge in [0.2, 0.25) is 0 Å². The number of rotatable bonds is 4. The van der Waals surface area contributed by atoms with Crippen LogP contribution in [0.3, 0.4) is 0 Å². The molecule has 16 heavy (non-hydrogen) atoms. The zero-order chi connectivity index (χ0) is 12.3. The average Bonchev–Trinajstić information content (AvgIpc) is 2.20. The Morgan fingerprint density at radius 3 is 2.75 bits per heavy atom. The monoisotopic (exact) mass is 245 g/mol. The molecule has 5 heteroatoms. The van der Waals surface area contributed by atoms with Crippen molar-refractivity contribution in [2.75, 3.05) is 13.6 Å². The van der Waals surface area contributed by atoms with Gasteiger partial charge in [0.25, 0.3) is 0 Å². The Bertz CT molecular complexity index is 398. The maximum Gasteiger partial charge on any atom is 0.317 e. The van der Waals surface area contributed by atoms with Crippen LogP contribution in [-0.2, 0) is 4.79 Å². The number of hydrogen-bond acceptors (Lipinski definition) is 2. The molecule has 3 nitrogen and oxygen atoms in total. The molecule has 1 unspecified atom stereocenters. The third-order valence-electron chi connectivity index (χ3n) is 2.47. The zero-order valence-electron chi connectivity index (χ0n) is 9.08. The molecule has 0 bridgehead atoms. The molecule has 0 heterocycles. The van der Waals surface area contributed by atoms with E-state index in [1.807, 2.05) is 6.92 Å². The van der Waals surface area contributed by atoms with Crippen LogP contribution in [-0.4, -0.2) is 29.6 Å². The standard InChI is InChI=1S/C11H13ClFNO2/c1-7(14(2)6-11(15)16)8-3-4-10(13)9(12)5-8/h3-5,7H,6H2,1-2H3,(H,15,16).